The van der Waals surface area contributed by atoms with Gasteiger partial charge in [-0.2, -0.15) is 0 Å². The van der Waals surface area contributed by atoms with Crippen molar-refractivity contribution in [2.75, 3.05) is 13.2 Å². The third-order valence-electron chi connectivity index (χ3n) is 0.986. The van der Waals surface area contributed by atoms with E-state index in [1.165, 1.54) is 6.92 Å². The smallest absolute Gasteiger partial charge is 0.334 e. The number of aliphatic hydroxyl groups excluding tert-OH is 1. The molecule has 0 radical (unpaired) electrons. The van der Waals surface area contributed by atoms with Crippen molar-refractivity contribution >= 4 is 11.9 Å². The zero-order valence-corrected chi connectivity index (χ0v) is 6.61. The van der Waals surface area contributed by atoms with Crippen molar-refractivity contribution in [3.8, 4) is 0 Å². The minimum atomic E-state index is -1.20. The summed E-state index contributed by atoms with van der Waals surface area (Å²) in [6.07, 6.45) is 0.750. The number of esters is 1. The number of aliphatic carboxylic acids is 1. The maximum absolute atomic E-state index is 10.8. The molecule has 0 aliphatic carbocycles. The molecule has 0 aromatic rings. The fraction of sp³-hybridized carbons (Fsp3) is 0.429. The van der Waals surface area contributed by atoms with Crippen molar-refractivity contribution < 1.29 is 24.5 Å². The Balaban J connectivity index is 4.01. The number of carbonyl (C=O) groups is 2. The summed E-state index contributed by atoms with van der Waals surface area (Å²) in [7, 11) is 0. The number of hydrogen-bond donors (Lipinski definition) is 2. The molecule has 0 bridgehead atoms. The van der Waals surface area contributed by atoms with Gasteiger partial charge in [-0.1, -0.05) is 0 Å². The second kappa shape index (κ2) is 5.31. The van der Waals surface area contributed by atoms with Crippen LogP contribution in [-0.4, -0.2) is 35.4 Å². The third-order valence-corrected chi connectivity index (χ3v) is 0.986. The molecule has 0 heterocycles. The highest BCUT2D eigenvalue weighted by Gasteiger charge is 2.06. The Morgan fingerprint density at radius 3 is 2.50 bits per heavy atom. The van der Waals surface area contributed by atoms with Gasteiger partial charge in [-0.25, -0.2) is 9.59 Å². The Bertz CT molecular complexity index is 206. The molecule has 12 heavy (non-hydrogen) atoms. The molecule has 0 spiro atoms. The maximum atomic E-state index is 10.8. The first kappa shape index (κ1) is 10.6. The SMILES string of the molecule is C/C(=C\C(=O)O)C(=O)OCCO. The topological polar surface area (TPSA) is 83.8 Å². The van der Waals surface area contributed by atoms with E-state index in [9.17, 15) is 9.59 Å². The summed E-state index contributed by atoms with van der Waals surface area (Å²) >= 11 is 0. The molecule has 0 saturated carbocycles. The van der Waals surface area contributed by atoms with Crippen LogP contribution in [0.15, 0.2) is 11.6 Å². The van der Waals surface area contributed by atoms with Crippen LogP contribution in [0.1, 0.15) is 6.92 Å². The largest absolute Gasteiger partial charge is 0.478 e. The van der Waals surface area contributed by atoms with Gasteiger partial charge in [0.1, 0.15) is 6.61 Å². The van der Waals surface area contributed by atoms with Crippen molar-refractivity contribution in [2.45, 2.75) is 6.92 Å². The van der Waals surface area contributed by atoms with Gasteiger partial charge in [0.2, 0.25) is 0 Å². The number of carboxylic acids is 1. The van der Waals surface area contributed by atoms with Gasteiger partial charge in [-0.3, -0.25) is 0 Å². The lowest BCUT2D eigenvalue weighted by molar-refractivity contribution is -0.140. The standard InChI is InChI=1S/C7H10O5/c1-5(4-6(9)10)7(11)12-3-2-8/h4,8H,2-3H2,1H3,(H,9,10)/b5-4+. The predicted octanol–water partition coefficient (Wildman–Crippen LogP) is -0.447. The average molecular weight is 174 g/mol. The van der Waals surface area contributed by atoms with Crippen LogP contribution < -0.4 is 0 Å². The fourth-order valence-electron chi connectivity index (χ4n) is 0.496. The highest BCUT2D eigenvalue weighted by molar-refractivity contribution is 5.95. The summed E-state index contributed by atoms with van der Waals surface area (Å²) in [5, 5.41) is 16.5. The molecule has 0 saturated heterocycles. The fourth-order valence-corrected chi connectivity index (χ4v) is 0.496. The lowest BCUT2D eigenvalue weighted by Gasteiger charge is -2.00. The van der Waals surface area contributed by atoms with E-state index in [1.54, 1.807) is 0 Å². The molecular formula is C7H10O5. The summed E-state index contributed by atoms with van der Waals surface area (Å²) in [5.74, 6) is -1.93. The number of carbonyl (C=O) groups excluding carboxylic acids is 1. The van der Waals surface area contributed by atoms with Crippen LogP contribution in [0, 0.1) is 0 Å². The van der Waals surface area contributed by atoms with Gasteiger partial charge in [-0.15, -0.1) is 0 Å². The van der Waals surface area contributed by atoms with Gasteiger partial charge < -0.3 is 14.9 Å². The Kier molecular flexibility index (Phi) is 4.71. The van der Waals surface area contributed by atoms with Gasteiger partial charge >= 0.3 is 11.9 Å². The monoisotopic (exact) mass is 174 g/mol. The van der Waals surface area contributed by atoms with Crippen LogP contribution >= 0.6 is 0 Å². The van der Waals surface area contributed by atoms with Crippen LogP contribution in [0.5, 0.6) is 0 Å². The minimum Gasteiger partial charge on any atom is -0.478 e. The lowest BCUT2D eigenvalue weighted by atomic mass is 10.3. The van der Waals surface area contributed by atoms with Crippen molar-refractivity contribution in [2.24, 2.45) is 0 Å². The molecule has 5 heteroatoms. The molecule has 68 valence electrons. The first-order chi connectivity index (χ1) is 5.57. The quantitative estimate of drug-likeness (QED) is 0.445. The summed E-state index contributed by atoms with van der Waals surface area (Å²) in [5.41, 5.74) is -0.00375. The zero-order chi connectivity index (χ0) is 9.56. The van der Waals surface area contributed by atoms with Crippen LogP contribution in [0.2, 0.25) is 0 Å². The van der Waals surface area contributed by atoms with E-state index >= 15 is 0 Å². The molecule has 0 aromatic heterocycles. The van der Waals surface area contributed by atoms with Gasteiger partial charge in [0.05, 0.1) is 6.61 Å². The first-order valence-electron chi connectivity index (χ1n) is 3.27. The van der Waals surface area contributed by atoms with Crippen molar-refractivity contribution in [3.05, 3.63) is 11.6 Å². The molecule has 0 rings (SSSR count). The first-order valence-corrected chi connectivity index (χ1v) is 3.27. The van der Waals surface area contributed by atoms with E-state index in [1.807, 2.05) is 0 Å². The number of ether oxygens (including phenoxy) is 1. The molecule has 0 unspecified atom stereocenters. The number of rotatable bonds is 4. The van der Waals surface area contributed by atoms with E-state index in [-0.39, 0.29) is 18.8 Å². The predicted molar refractivity (Wildman–Crippen MR) is 39.4 cm³/mol. The van der Waals surface area contributed by atoms with E-state index in [4.69, 9.17) is 10.2 Å². The maximum Gasteiger partial charge on any atom is 0.334 e. The normalized spacial score (nSPS) is 11.0. The van der Waals surface area contributed by atoms with Gasteiger partial charge in [-0.05, 0) is 6.92 Å². The van der Waals surface area contributed by atoms with Gasteiger partial charge in [0.15, 0.2) is 0 Å². The van der Waals surface area contributed by atoms with E-state index in [2.05, 4.69) is 4.74 Å². The molecular weight excluding hydrogens is 164 g/mol. The third kappa shape index (κ3) is 4.45. The van der Waals surface area contributed by atoms with E-state index in [0.29, 0.717) is 0 Å². The molecule has 0 aliphatic heterocycles. The summed E-state index contributed by atoms with van der Waals surface area (Å²) < 4.78 is 4.43. The van der Waals surface area contributed by atoms with Crippen LogP contribution in [0.4, 0.5) is 0 Å². The van der Waals surface area contributed by atoms with Crippen LogP contribution in [-0.2, 0) is 14.3 Å². The Hall–Kier alpha value is -1.36. The molecule has 0 fully saturated rings. The summed E-state index contributed by atoms with van der Waals surface area (Å²) in [6, 6.07) is 0. The van der Waals surface area contributed by atoms with Crippen molar-refractivity contribution in [1.82, 2.24) is 0 Å². The average Bonchev–Trinajstić information content (AvgIpc) is 1.98. The highest BCUT2D eigenvalue weighted by Crippen LogP contribution is 1.95. The second-order valence-electron chi connectivity index (χ2n) is 2.03. The molecule has 0 amide bonds. The number of carboxylic acid groups (broad SMARTS) is 1. The molecule has 0 aliphatic rings. The summed E-state index contributed by atoms with van der Waals surface area (Å²) in [4.78, 5) is 20.8. The Morgan fingerprint density at radius 1 is 1.50 bits per heavy atom. The zero-order valence-electron chi connectivity index (χ0n) is 6.61. The highest BCUT2D eigenvalue weighted by atomic mass is 16.5. The van der Waals surface area contributed by atoms with Gasteiger partial charge in [0.25, 0.3) is 0 Å². The Morgan fingerprint density at radius 2 is 2.08 bits per heavy atom. The molecule has 5 nitrogen and oxygen atoms in total. The van der Waals surface area contributed by atoms with E-state index < -0.39 is 11.9 Å². The summed E-state index contributed by atoms with van der Waals surface area (Å²) in [6.45, 7) is 0.934. The molecule has 0 aromatic carbocycles. The number of aliphatic hydroxyl groups is 1. The second-order valence-corrected chi connectivity index (χ2v) is 2.03. The van der Waals surface area contributed by atoms with Crippen molar-refractivity contribution in [1.29, 1.82) is 0 Å². The van der Waals surface area contributed by atoms with Crippen LogP contribution in [0.25, 0.3) is 0 Å². The number of hydrogen-bond acceptors (Lipinski definition) is 4. The van der Waals surface area contributed by atoms with Crippen LogP contribution in [0.3, 0.4) is 0 Å². The lowest BCUT2D eigenvalue weighted by Crippen LogP contribution is -2.10. The minimum absolute atomic E-state index is 0.00375. The molecule has 0 atom stereocenters. The van der Waals surface area contributed by atoms with Gasteiger partial charge in [0, 0.05) is 11.6 Å². The van der Waals surface area contributed by atoms with Crippen molar-refractivity contribution in [3.63, 3.8) is 0 Å². The Labute approximate surface area is 69.3 Å². The molecule has 2 N–H and O–H groups in total. The van der Waals surface area contributed by atoms with E-state index in [0.717, 1.165) is 6.08 Å².